The van der Waals surface area contributed by atoms with Crippen molar-refractivity contribution in [2.45, 2.75) is 13.5 Å². The van der Waals surface area contributed by atoms with Gasteiger partial charge in [0, 0.05) is 31.9 Å². The summed E-state index contributed by atoms with van der Waals surface area (Å²) >= 11 is 0. The second-order valence-electron chi connectivity index (χ2n) is 3.39. The SMILES string of the molecule is C=CCNC(=NCc1cnn(C)c1)NCC.I. The van der Waals surface area contributed by atoms with Gasteiger partial charge in [0.2, 0.25) is 0 Å². The minimum absolute atomic E-state index is 0. The van der Waals surface area contributed by atoms with Crippen LogP contribution in [0.3, 0.4) is 0 Å². The fourth-order valence-electron chi connectivity index (χ4n) is 1.23. The van der Waals surface area contributed by atoms with Crippen molar-refractivity contribution in [2.24, 2.45) is 12.0 Å². The summed E-state index contributed by atoms with van der Waals surface area (Å²) in [4.78, 5) is 4.43. The second-order valence-corrected chi connectivity index (χ2v) is 3.39. The molecule has 1 aromatic rings. The van der Waals surface area contributed by atoms with Gasteiger partial charge in [-0.1, -0.05) is 6.08 Å². The van der Waals surface area contributed by atoms with Crippen LogP contribution in [0.2, 0.25) is 0 Å². The lowest BCUT2D eigenvalue weighted by molar-refractivity contribution is 0.766. The van der Waals surface area contributed by atoms with E-state index in [1.54, 1.807) is 10.8 Å². The molecule has 0 aliphatic heterocycles. The summed E-state index contributed by atoms with van der Waals surface area (Å²) in [6.45, 7) is 7.87. The molecule has 17 heavy (non-hydrogen) atoms. The van der Waals surface area contributed by atoms with Gasteiger partial charge in [-0.05, 0) is 6.92 Å². The van der Waals surface area contributed by atoms with Crippen LogP contribution in [0.15, 0.2) is 30.0 Å². The number of aliphatic imine (C=N–C) groups is 1. The number of hydrogen-bond donors (Lipinski definition) is 2. The standard InChI is InChI=1S/C11H19N5.HI/c1-4-6-13-11(12-5-2)14-7-10-8-15-16(3)9-10;/h4,8-9H,1,5-7H2,2-3H3,(H2,12,13,14);1H. The van der Waals surface area contributed by atoms with Gasteiger partial charge in [-0.2, -0.15) is 5.10 Å². The van der Waals surface area contributed by atoms with E-state index in [1.807, 2.05) is 26.4 Å². The third kappa shape index (κ3) is 6.30. The summed E-state index contributed by atoms with van der Waals surface area (Å²) in [5.74, 6) is 0.797. The van der Waals surface area contributed by atoms with Crippen LogP contribution in [-0.4, -0.2) is 28.8 Å². The smallest absolute Gasteiger partial charge is 0.191 e. The Morgan fingerprint density at radius 3 is 2.88 bits per heavy atom. The van der Waals surface area contributed by atoms with Crippen LogP contribution in [-0.2, 0) is 13.6 Å². The zero-order valence-electron chi connectivity index (χ0n) is 10.3. The largest absolute Gasteiger partial charge is 0.357 e. The van der Waals surface area contributed by atoms with E-state index >= 15 is 0 Å². The molecule has 0 aliphatic rings. The summed E-state index contributed by atoms with van der Waals surface area (Å²) in [5, 5.41) is 10.4. The molecule has 2 N–H and O–H groups in total. The van der Waals surface area contributed by atoms with Gasteiger partial charge < -0.3 is 10.6 Å². The van der Waals surface area contributed by atoms with Crippen molar-refractivity contribution in [3.8, 4) is 0 Å². The maximum absolute atomic E-state index is 4.43. The lowest BCUT2D eigenvalue weighted by Crippen LogP contribution is -2.37. The highest BCUT2D eigenvalue weighted by molar-refractivity contribution is 14.0. The predicted molar refractivity (Wildman–Crippen MR) is 81.6 cm³/mol. The average molecular weight is 349 g/mol. The lowest BCUT2D eigenvalue weighted by atomic mass is 10.4. The van der Waals surface area contributed by atoms with E-state index in [-0.39, 0.29) is 24.0 Å². The molecule has 0 saturated carbocycles. The molecule has 0 atom stereocenters. The van der Waals surface area contributed by atoms with Gasteiger partial charge in [-0.3, -0.25) is 4.68 Å². The normalized spacial score (nSPS) is 10.6. The summed E-state index contributed by atoms with van der Waals surface area (Å²) in [6, 6.07) is 0. The fourth-order valence-corrected chi connectivity index (χ4v) is 1.23. The Morgan fingerprint density at radius 1 is 1.59 bits per heavy atom. The molecule has 5 nitrogen and oxygen atoms in total. The van der Waals surface area contributed by atoms with Crippen molar-refractivity contribution in [3.05, 3.63) is 30.6 Å². The van der Waals surface area contributed by atoms with Crippen LogP contribution in [0.4, 0.5) is 0 Å². The van der Waals surface area contributed by atoms with Crippen molar-refractivity contribution in [3.63, 3.8) is 0 Å². The first-order valence-electron chi connectivity index (χ1n) is 5.37. The van der Waals surface area contributed by atoms with Crippen molar-refractivity contribution < 1.29 is 0 Å². The molecule has 1 rings (SSSR count). The van der Waals surface area contributed by atoms with Crippen LogP contribution in [0, 0.1) is 0 Å². The van der Waals surface area contributed by atoms with Crippen LogP contribution in [0.25, 0.3) is 0 Å². The van der Waals surface area contributed by atoms with E-state index in [1.165, 1.54) is 0 Å². The van der Waals surface area contributed by atoms with Crippen molar-refractivity contribution >= 4 is 29.9 Å². The third-order valence-electron chi connectivity index (χ3n) is 1.94. The number of aryl methyl sites for hydroxylation is 1. The number of halogens is 1. The van der Waals surface area contributed by atoms with Crippen LogP contribution in [0.1, 0.15) is 12.5 Å². The number of hydrogen-bond acceptors (Lipinski definition) is 2. The summed E-state index contributed by atoms with van der Waals surface area (Å²) in [5.41, 5.74) is 1.10. The number of nitrogens with one attached hydrogen (secondary N) is 2. The maximum atomic E-state index is 4.43. The third-order valence-corrected chi connectivity index (χ3v) is 1.94. The molecular formula is C11H20IN5. The molecule has 96 valence electrons. The summed E-state index contributed by atoms with van der Waals surface area (Å²) in [6.07, 6.45) is 5.58. The van der Waals surface area contributed by atoms with Crippen molar-refractivity contribution in [1.82, 2.24) is 20.4 Å². The highest BCUT2D eigenvalue weighted by atomic mass is 127. The maximum Gasteiger partial charge on any atom is 0.191 e. The highest BCUT2D eigenvalue weighted by Crippen LogP contribution is 1.97. The first kappa shape index (κ1) is 16.0. The monoisotopic (exact) mass is 349 g/mol. The molecule has 0 unspecified atom stereocenters. The highest BCUT2D eigenvalue weighted by Gasteiger charge is 1.97. The molecule has 0 spiro atoms. The summed E-state index contributed by atoms with van der Waals surface area (Å²) < 4.78 is 1.77. The van der Waals surface area contributed by atoms with E-state index in [2.05, 4.69) is 27.3 Å². The van der Waals surface area contributed by atoms with Gasteiger partial charge in [0.15, 0.2) is 5.96 Å². The molecule has 1 heterocycles. The first-order chi connectivity index (χ1) is 7.76. The molecule has 0 radical (unpaired) electrons. The Morgan fingerprint density at radius 2 is 2.35 bits per heavy atom. The molecule has 0 aromatic carbocycles. The van der Waals surface area contributed by atoms with Crippen molar-refractivity contribution in [1.29, 1.82) is 0 Å². The van der Waals surface area contributed by atoms with E-state index in [0.29, 0.717) is 13.1 Å². The topological polar surface area (TPSA) is 54.2 Å². The van der Waals surface area contributed by atoms with Gasteiger partial charge in [-0.15, -0.1) is 30.6 Å². The second kappa shape index (κ2) is 9.03. The van der Waals surface area contributed by atoms with E-state index < -0.39 is 0 Å². The molecule has 6 heteroatoms. The molecule has 0 aliphatic carbocycles. The Bertz CT molecular complexity index is 358. The van der Waals surface area contributed by atoms with Gasteiger partial charge in [-0.25, -0.2) is 4.99 Å². The molecule has 0 fully saturated rings. The lowest BCUT2D eigenvalue weighted by Gasteiger charge is -2.08. The van der Waals surface area contributed by atoms with Gasteiger partial charge in [0.1, 0.15) is 0 Å². The van der Waals surface area contributed by atoms with Crippen LogP contribution in [0.5, 0.6) is 0 Å². The average Bonchev–Trinajstić information content (AvgIpc) is 2.68. The molecule has 0 bridgehead atoms. The van der Waals surface area contributed by atoms with Crippen LogP contribution >= 0.6 is 24.0 Å². The van der Waals surface area contributed by atoms with E-state index in [4.69, 9.17) is 0 Å². The zero-order chi connectivity index (χ0) is 11.8. The van der Waals surface area contributed by atoms with E-state index in [9.17, 15) is 0 Å². The van der Waals surface area contributed by atoms with Gasteiger partial charge in [0.05, 0.1) is 12.7 Å². The Hall–Kier alpha value is -1.05. The van der Waals surface area contributed by atoms with Crippen molar-refractivity contribution in [2.75, 3.05) is 13.1 Å². The number of nitrogens with zero attached hydrogens (tertiary/aromatic N) is 3. The first-order valence-corrected chi connectivity index (χ1v) is 5.37. The molecular weight excluding hydrogens is 329 g/mol. The number of guanidine groups is 1. The molecule has 1 aromatic heterocycles. The quantitative estimate of drug-likeness (QED) is 0.365. The van der Waals surface area contributed by atoms with Gasteiger partial charge in [0.25, 0.3) is 0 Å². The van der Waals surface area contributed by atoms with Crippen LogP contribution < -0.4 is 10.6 Å². The van der Waals surface area contributed by atoms with E-state index in [0.717, 1.165) is 18.1 Å². The Balaban J connectivity index is 0.00000256. The number of aromatic nitrogens is 2. The molecule has 0 amide bonds. The Labute approximate surface area is 119 Å². The van der Waals surface area contributed by atoms with Gasteiger partial charge >= 0.3 is 0 Å². The summed E-state index contributed by atoms with van der Waals surface area (Å²) in [7, 11) is 1.90. The minimum Gasteiger partial charge on any atom is -0.357 e. The fraction of sp³-hybridized carbons (Fsp3) is 0.455. The zero-order valence-corrected chi connectivity index (χ0v) is 12.6. The predicted octanol–water partition coefficient (Wildman–Crippen LogP) is 1.28. The number of rotatable bonds is 5. The minimum atomic E-state index is 0. The Kier molecular flexibility index (Phi) is 8.47. The molecule has 0 saturated heterocycles.